The molecule has 0 radical (unpaired) electrons. The van der Waals surface area contributed by atoms with E-state index in [1.807, 2.05) is 0 Å². The summed E-state index contributed by atoms with van der Waals surface area (Å²) in [6.45, 7) is 3.92. The van der Waals surface area contributed by atoms with E-state index in [-0.39, 0.29) is 15.5 Å². The van der Waals surface area contributed by atoms with Gasteiger partial charge in [0.05, 0.1) is 17.1 Å². The quantitative estimate of drug-likeness (QED) is 0.416. The van der Waals surface area contributed by atoms with Crippen LogP contribution in [0.4, 0.5) is 0 Å². The first-order valence-electron chi connectivity index (χ1n) is 6.69. The fraction of sp³-hybridized carbons (Fsp3) is 0.500. The Labute approximate surface area is 134 Å². The van der Waals surface area contributed by atoms with Gasteiger partial charge in [-0.2, -0.15) is 0 Å². The third-order valence-corrected chi connectivity index (χ3v) is 4.87. The molecule has 1 aromatic rings. The number of unbranched alkanes of at least 4 members (excludes halogenated alkanes) is 3. The Hall–Kier alpha value is -0.780. The van der Waals surface area contributed by atoms with Gasteiger partial charge in [0.15, 0.2) is 0 Å². The monoisotopic (exact) mass is 352 g/mol. The molecule has 0 unspecified atom stereocenters. The first kappa shape index (κ1) is 18.3. The van der Waals surface area contributed by atoms with Crippen LogP contribution in [-0.4, -0.2) is 21.0 Å². The van der Waals surface area contributed by atoms with Crippen LogP contribution in [0.5, 0.6) is 0 Å². The Kier molecular flexibility index (Phi) is 6.97. The Morgan fingerprint density at radius 1 is 1.24 bits per heavy atom. The highest BCUT2D eigenvalue weighted by atomic mass is 35.7. The highest BCUT2D eigenvalue weighted by molar-refractivity contribution is 8.13. The van der Waals surface area contributed by atoms with Crippen molar-refractivity contribution in [2.75, 3.05) is 6.61 Å². The number of hydrogen-bond donors (Lipinski definition) is 0. The smallest absolute Gasteiger partial charge is 0.338 e. The Balaban J connectivity index is 2.84. The average molecular weight is 353 g/mol. The molecular weight excluding hydrogens is 335 g/mol. The maximum Gasteiger partial charge on any atom is 0.338 e. The lowest BCUT2D eigenvalue weighted by Gasteiger charge is -2.09. The molecule has 1 aromatic carbocycles. The number of ether oxygens (including phenoxy) is 1. The predicted octanol–water partition coefficient (Wildman–Crippen LogP) is 4.31. The molecule has 0 amide bonds. The summed E-state index contributed by atoms with van der Waals surface area (Å²) in [6, 6.07) is 2.58. The third kappa shape index (κ3) is 5.49. The molecule has 7 heteroatoms. The van der Waals surface area contributed by atoms with Crippen molar-refractivity contribution >= 4 is 37.3 Å². The van der Waals surface area contributed by atoms with E-state index in [4.69, 9.17) is 27.0 Å². The fourth-order valence-electron chi connectivity index (χ4n) is 1.80. The zero-order chi connectivity index (χ0) is 16.0. The molecule has 0 spiro atoms. The molecule has 0 heterocycles. The highest BCUT2D eigenvalue weighted by Crippen LogP contribution is 2.28. The van der Waals surface area contributed by atoms with Gasteiger partial charge in [0, 0.05) is 15.7 Å². The molecule has 0 bridgehead atoms. The van der Waals surface area contributed by atoms with Gasteiger partial charge < -0.3 is 4.74 Å². The van der Waals surface area contributed by atoms with Crippen LogP contribution in [0, 0.1) is 6.92 Å². The van der Waals surface area contributed by atoms with E-state index in [0.29, 0.717) is 12.2 Å². The zero-order valence-corrected chi connectivity index (χ0v) is 14.3. The standard InChI is InChI=1S/C14H18Cl2O4S/c1-3-4-5-6-7-20-14(17)11-8-12(15)10(2)13(9-11)21(16,18)19/h8-9H,3-7H2,1-2H3. The summed E-state index contributed by atoms with van der Waals surface area (Å²) in [5.74, 6) is -0.602. The van der Waals surface area contributed by atoms with E-state index < -0.39 is 15.0 Å². The van der Waals surface area contributed by atoms with Gasteiger partial charge in [-0.25, -0.2) is 13.2 Å². The van der Waals surface area contributed by atoms with Crippen molar-refractivity contribution in [3.05, 3.63) is 28.3 Å². The SMILES string of the molecule is CCCCCCOC(=O)c1cc(Cl)c(C)c(S(=O)(=O)Cl)c1. The van der Waals surface area contributed by atoms with E-state index in [1.54, 1.807) is 0 Å². The van der Waals surface area contributed by atoms with Gasteiger partial charge in [0.2, 0.25) is 0 Å². The lowest BCUT2D eigenvalue weighted by Crippen LogP contribution is -2.08. The molecule has 0 saturated heterocycles. The number of carbonyl (C=O) groups is 1. The largest absolute Gasteiger partial charge is 0.462 e. The van der Waals surface area contributed by atoms with Crippen LogP contribution in [0.15, 0.2) is 17.0 Å². The summed E-state index contributed by atoms with van der Waals surface area (Å²) in [6.07, 6.45) is 3.95. The molecule has 0 N–H and O–H groups in total. The van der Waals surface area contributed by atoms with Crippen LogP contribution < -0.4 is 0 Å². The fourth-order valence-corrected chi connectivity index (χ4v) is 3.30. The first-order chi connectivity index (χ1) is 9.77. The number of benzene rings is 1. The van der Waals surface area contributed by atoms with Crippen molar-refractivity contribution < 1.29 is 17.9 Å². The summed E-state index contributed by atoms with van der Waals surface area (Å²) < 4.78 is 28.0. The van der Waals surface area contributed by atoms with Crippen molar-refractivity contribution in [3.8, 4) is 0 Å². The number of hydrogen-bond acceptors (Lipinski definition) is 4. The molecule has 0 atom stereocenters. The summed E-state index contributed by atoms with van der Waals surface area (Å²) >= 11 is 5.94. The van der Waals surface area contributed by atoms with Gasteiger partial charge >= 0.3 is 5.97 Å². The van der Waals surface area contributed by atoms with Crippen molar-refractivity contribution in [1.82, 2.24) is 0 Å². The van der Waals surface area contributed by atoms with Crippen molar-refractivity contribution in [3.63, 3.8) is 0 Å². The highest BCUT2D eigenvalue weighted by Gasteiger charge is 2.20. The topological polar surface area (TPSA) is 60.4 Å². The van der Waals surface area contributed by atoms with Gasteiger partial charge in [-0.3, -0.25) is 0 Å². The first-order valence-corrected chi connectivity index (χ1v) is 9.38. The molecule has 4 nitrogen and oxygen atoms in total. The van der Waals surface area contributed by atoms with Crippen LogP contribution in [0.3, 0.4) is 0 Å². The molecule has 118 valence electrons. The summed E-state index contributed by atoms with van der Waals surface area (Å²) in [7, 11) is 1.37. The second kappa shape index (κ2) is 8.01. The molecule has 0 fully saturated rings. The Morgan fingerprint density at radius 3 is 2.48 bits per heavy atom. The van der Waals surface area contributed by atoms with E-state index in [2.05, 4.69) is 6.92 Å². The van der Waals surface area contributed by atoms with Crippen LogP contribution in [0.25, 0.3) is 0 Å². The number of carbonyl (C=O) groups excluding carboxylic acids is 1. The minimum atomic E-state index is -3.96. The van der Waals surface area contributed by atoms with Gasteiger partial charge in [-0.1, -0.05) is 37.8 Å². The minimum absolute atomic E-state index is 0.0836. The lowest BCUT2D eigenvalue weighted by molar-refractivity contribution is 0.0497. The molecule has 21 heavy (non-hydrogen) atoms. The summed E-state index contributed by atoms with van der Waals surface area (Å²) in [5, 5.41) is 0.162. The predicted molar refractivity (Wildman–Crippen MR) is 83.7 cm³/mol. The van der Waals surface area contributed by atoms with Crippen LogP contribution >= 0.6 is 22.3 Å². The van der Waals surface area contributed by atoms with E-state index in [9.17, 15) is 13.2 Å². The van der Waals surface area contributed by atoms with Gasteiger partial charge in [0.1, 0.15) is 0 Å². The van der Waals surface area contributed by atoms with Crippen molar-refractivity contribution in [2.45, 2.75) is 44.4 Å². The minimum Gasteiger partial charge on any atom is -0.462 e. The summed E-state index contributed by atoms with van der Waals surface area (Å²) in [5.41, 5.74) is 0.395. The number of esters is 1. The molecule has 1 rings (SSSR count). The second-order valence-electron chi connectivity index (χ2n) is 4.72. The second-order valence-corrected chi connectivity index (χ2v) is 7.66. The number of rotatable bonds is 7. The van der Waals surface area contributed by atoms with Gasteiger partial charge in [-0.05, 0) is 31.0 Å². The van der Waals surface area contributed by atoms with Crippen molar-refractivity contribution in [1.29, 1.82) is 0 Å². The van der Waals surface area contributed by atoms with E-state index in [0.717, 1.165) is 25.7 Å². The molecule has 0 aromatic heterocycles. The van der Waals surface area contributed by atoms with Crippen LogP contribution in [0.1, 0.15) is 48.5 Å². The third-order valence-electron chi connectivity index (χ3n) is 3.03. The van der Waals surface area contributed by atoms with Crippen LogP contribution in [0.2, 0.25) is 5.02 Å². The average Bonchev–Trinajstić information content (AvgIpc) is 2.39. The van der Waals surface area contributed by atoms with Gasteiger partial charge in [-0.15, -0.1) is 0 Å². The normalized spacial score (nSPS) is 11.4. The van der Waals surface area contributed by atoms with Crippen LogP contribution in [-0.2, 0) is 13.8 Å². The summed E-state index contributed by atoms with van der Waals surface area (Å²) in [4.78, 5) is 11.7. The maximum absolute atomic E-state index is 11.9. The zero-order valence-electron chi connectivity index (χ0n) is 12.0. The van der Waals surface area contributed by atoms with Crippen molar-refractivity contribution in [2.24, 2.45) is 0 Å². The van der Waals surface area contributed by atoms with E-state index >= 15 is 0 Å². The molecule has 0 aliphatic heterocycles. The molecule has 0 aliphatic carbocycles. The van der Waals surface area contributed by atoms with E-state index in [1.165, 1.54) is 19.1 Å². The number of halogens is 2. The molecule has 0 saturated carbocycles. The Bertz CT molecular complexity index is 612. The molecular formula is C14H18Cl2O4S. The Morgan fingerprint density at radius 2 is 1.90 bits per heavy atom. The van der Waals surface area contributed by atoms with Gasteiger partial charge in [0.25, 0.3) is 9.05 Å². The lowest BCUT2D eigenvalue weighted by atomic mass is 10.1. The molecule has 0 aliphatic rings. The maximum atomic E-state index is 11.9.